The van der Waals surface area contributed by atoms with E-state index in [0.717, 1.165) is 5.75 Å². The van der Waals surface area contributed by atoms with E-state index < -0.39 is 5.79 Å². The highest BCUT2D eigenvalue weighted by Crippen LogP contribution is 2.41. The summed E-state index contributed by atoms with van der Waals surface area (Å²) < 4.78 is 16.0. The first kappa shape index (κ1) is 10.3. The van der Waals surface area contributed by atoms with Crippen LogP contribution in [-0.4, -0.2) is 42.1 Å². The quantitative estimate of drug-likeness (QED) is 0.609. The number of methoxy groups -OCH3 is 1. The molecule has 0 aliphatic carbocycles. The van der Waals surface area contributed by atoms with Gasteiger partial charge in [0.15, 0.2) is 5.79 Å². The number of fused-ring (bicyclic) bond motifs is 1. The summed E-state index contributed by atoms with van der Waals surface area (Å²) in [5, 5.41) is -0.230. The molecule has 0 N–H and O–H groups in total. The van der Waals surface area contributed by atoms with Crippen LogP contribution in [0.15, 0.2) is 0 Å². The van der Waals surface area contributed by atoms with Gasteiger partial charge in [-0.1, -0.05) is 0 Å². The Morgan fingerprint density at radius 2 is 2.21 bits per heavy atom. The largest absolute Gasteiger partial charge is 0.468 e. The van der Waals surface area contributed by atoms with E-state index in [4.69, 9.17) is 14.2 Å². The molecular formula is C9H14O4S. The highest BCUT2D eigenvalue weighted by atomic mass is 32.2. The van der Waals surface area contributed by atoms with Gasteiger partial charge in [-0.05, 0) is 13.8 Å². The number of carbonyl (C=O) groups is 1. The Kier molecular flexibility index (Phi) is 2.49. The standard InChI is InChI=1S/C9H14O4S/c1-9(2)12-5-4-14-7(6(5)13-9)8(10)11-3/h5-7H,4H2,1-3H3. The lowest BCUT2D eigenvalue weighted by Gasteiger charge is -2.20. The van der Waals surface area contributed by atoms with Gasteiger partial charge in [0.2, 0.25) is 0 Å². The van der Waals surface area contributed by atoms with Crippen molar-refractivity contribution in [1.82, 2.24) is 0 Å². The second kappa shape index (κ2) is 3.40. The Balaban J connectivity index is 2.08. The van der Waals surface area contributed by atoms with E-state index >= 15 is 0 Å². The zero-order valence-electron chi connectivity index (χ0n) is 8.48. The Morgan fingerprint density at radius 1 is 1.50 bits per heavy atom. The van der Waals surface area contributed by atoms with E-state index in [1.807, 2.05) is 13.8 Å². The minimum absolute atomic E-state index is 0.0269. The molecule has 5 heteroatoms. The number of rotatable bonds is 1. The zero-order chi connectivity index (χ0) is 10.3. The van der Waals surface area contributed by atoms with Crippen LogP contribution in [-0.2, 0) is 19.0 Å². The molecule has 4 nitrogen and oxygen atoms in total. The van der Waals surface area contributed by atoms with Crippen LogP contribution in [0.5, 0.6) is 0 Å². The predicted molar refractivity (Wildman–Crippen MR) is 52.1 cm³/mol. The van der Waals surface area contributed by atoms with Crippen LogP contribution in [0.4, 0.5) is 0 Å². The highest BCUT2D eigenvalue weighted by Gasteiger charge is 2.52. The number of ether oxygens (including phenoxy) is 3. The lowest BCUT2D eigenvalue weighted by atomic mass is 10.2. The second-order valence-corrected chi connectivity index (χ2v) is 5.09. The molecule has 2 heterocycles. The molecule has 2 fully saturated rings. The summed E-state index contributed by atoms with van der Waals surface area (Å²) in [6.45, 7) is 3.73. The van der Waals surface area contributed by atoms with E-state index in [0.29, 0.717) is 0 Å². The number of hydrogen-bond donors (Lipinski definition) is 0. The summed E-state index contributed by atoms with van der Waals surface area (Å²) in [5.74, 6) is 0.0139. The smallest absolute Gasteiger partial charge is 0.321 e. The third-order valence-corrected chi connectivity index (χ3v) is 3.73. The normalized spacial score (nSPS) is 39.5. The fraction of sp³-hybridized carbons (Fsp3) is 0.889. The molecule has 2 aliphatic rings. The second-order valence-electron chi connectivity index (χ2n) is 3.92. The molecule has 80 valence electrons. The van der Waals surface area contributed by atoms with Gasteiger partial charge >= 0.3 is 5.97 Å². The van der Waals surface area contributed by atoms with Crippen LogP contribution in [0.1, 0.15) is 13.8 Å². The van der Waals surface area contributed by atoms with Gasteiger partial charge in [0, 0.05) is 5.75 Å². The average Bonchev–Trinajstić information content (AvgIpc) is 2.58. The third kappa shape index (κ3) is 1.64. The van der Waals surface area contributed by atoms with Crippen molar-refractivity contribution in [2.24, 2.45) is 0 Å². The summed E-state index contributed by atoms with van der Waals surface area (Å²) in [6.07, 6.45) is -0.124. The molecular weight excluding hydrogens is 204 g/mol. The molecule has 0 aromatic rings. The van der Waals surface area contributed by atoms with Gasteiger partial charge < -0.3 is 14.2 Å². The van der Waals surface area contributed by atoms with Gasteiger partial charge in [0.05, 0.1) is 13.2 Å². The molecule has 2 rings (SSSR count). The molecule has 3 atom stereocenters. The van der Waals surface area contributed by atoms with Crippen molar-refractivity contribution in [1.29, 1.82) is 0 Å². The lowest BCUT2D eigenvalue weighted by Crippen LogP contribution is -2.34. The van der Waals surface area contributed by atoms with Crippen LogP contribution in [0.25, 0.3) is 0 Å². The van der Waals surface area contributed by atoms with Crippen molar-refractivity contribution in [3.05, 3.63) is 0 Å². The van der Waals surface area contributed by atoms with Gasteiger partial charge in [-0.3, -0.25) is 4.79 Å². The van der Waals surface area contributed by atoms with E-state index in [-0.39, 0.29) is 23.4 Å². The van der Waals surface area contributed by atoms with E-state index in [9.17, 15) is 4.79 Å². The zero-order valence-corrected chi connectivity index (χ0v) is 9.30. The lowest BCUT2D eigenvalue weighted by molar-refractivity contribution is -0.153. The molecule has 2 aliphatic heterocycles. The maximum absolute atomic E-state index is 11.4. The SMILES string of the molecule is COC(=O)C1SCC2OC(C)(C)OC21. The topological polar surface area (TPSA) is 44.8 Å². The predicted octanol–water partition coefficient (Wildman–Crippen LogP) is 0.795. The molecule has 14 heavy (non-hydrogen) atoms. The van der Waals surface area contributed by atoms with Gasteiger partial charge in [0.1, 0.15) is 11.4 Å². The van der Waals surface area contributed by atoms with Gasteiger partial charge in [0.25, 0.3) is 0 Å². The number of hydrogen-bond acceptors (Lipinski definition) is 5. The monoisotopic (exact) mass is 218 g/mol. The molecule has 0 radical (unpaired) electrons. The summed E-state index contributed by atoms with van der Waals surface area (Å²) >= 11 is 1.54. The molecule has 0 bridgehead atoms. The maximum Gasteiger partial charge on any atom is 0.321 e. The third-order valence-electron chi connectivity index (χ3n) is 2.39. The van der Waals surface area contributed by atoms with E-state index in [1.54, 1.807) is 11.8 Å². The maximum atomic E-state index is 11.4. The van der Waals surface area contributed by atoms with Crippen LogP contribution in [0.2, 0.25) is 0 Å². The molecule has 0 aromatic carbocycles. The van der Waals surface area contributed by atoms with Crippen LogP contribution < -0.4 is 0 Å². The summed E-state index contributed by atoms with van der Waals surface area (Å²) in [4.78, 5) is 11.4. The van der Waals surface area contributed by atoms with Crippen molar-refractivity contribution in [2.75, 3.05) is 12.9 Å². The fourth-order valence-electron chi connectivity index (χ4n) is 1.86. The molecule has 0 spiro atoms. The summed E-state index contributed by atoms with van der Waals surface area (Å²) in [5.41, 5.74) is 0. The van der Waals surface area contributed by atoms with Crippen LogP contribution in [0, 0.1) is 0 Å². The molecule has 2 saturated heterocycles. The minimum atomic E-state index is -0.567. The van der Waals surface area contributed by atoms with Crippen molar-refractivity contribution < 1.29 is 19.0 Å². The highest BCUT2D eigenvalue weighted by molar-refractivity contribution is 8.01. The number of carbonyl (C=O) groups excluding carboxylic acids is 1. The number of esters is 1. The van der Waals surface area contributed by atoms with Gasteiger partial charge in [-0.25, -0.2) is 0 Å². The van der Waals surface area contributed by atoms with Crippen molar-refractivity contribution >= 4 is 17.7 Å². The van der Waals surface area contributed by atoms with Crippen molar-refractivity contribution in [3.63, 3.8) is 0 Å². The van der Waals surface area contributed by atoms with E-state index in [1.165, 1.54) is 7.11 Å². The van der Waals surface area contributed by atoms with Crippen LogP contribution in [0.3, 0.4) is 0 Å². The first-order chi connectivity index (χ1) is 6.53. The molecule has 0 saturated carbocycles. The first-order valence-corrected chi connectivity index (χ1v) is 5.63. The van der Waals surface area contributed by atoms with E-state index in [2.05, 4.69) is 0 Å². The first-order valence-electron chi connectivity index (χ1n) is 4.58. The number of thioether (sulfide) groups is 1. The summed E-state index contributed by atoms with van der Waals surface area (Å²) in [7, 11) is 1.40. The van der Waals surface area contributed by atoms with Gasteiger partial charge in [-0.15, -0.1) is 11.8 Å². The van der Waals surface area contributed by atoms with Gasteiger partial charge in [-0.2, -0.15) is 0 Å². The Morgan fingerprint density at radius 3 is 2.86 bits per heavy atom. The van der Waals surface area contributed by atoms with Crippen molar-refractivity contribution in [3.8, 4) is 0 Å². The fourth-order valence-corrected chi connectivity index (χ4v) is 3.17. The van der Waals surface area contributed by atoms with Crippen LogP contribution >= 0.6 is 11.8 Å². The van der Waals surface area contributed by atoms with Crippen molar-refractivity contribution in [2.45, 2.75) is 37.1 Å². The Labute approximate surface area is 87.3 Å². The molecule has 0 amide bonds. The minimum Gasteiger partial charge on any atom is -0.468 e. The molecule has 0 aromatic heterocycles. The average molecular weight is 218 g/mol. The molecule has 3 unspecified atom stereocenters. The Bertz CT molecular complexity index is 253. The summed E-state index contributed by atoms with van der Waals surface area (Å²) in [6, 6.07) is 0. The Hall–Kier alpha value is -0.260.